The molecule has 0 atom stereocenters. The van der Waals surface area contributed by atoms with Crippen LogP contribution in [0.15, 0.2) is 58.7 Å². The number of rotatable bonds is 0. The van der Waals surface area contributed by atoms with Crippen LogP contribution in [0.25, 0.3) is 37.4 Å². The van der Waals surface area contributed by atoms with Gasteiger partial charge in [-0.15, -0.1) is 4.91 Å². The number of hydrogen-bond donors (Lipinski definition) is 0. The molecule has 0 unspecified atom stereocenters. The number of pyridine rings is 2. The summed E-state index contributed by atoms with van der Waals surface area (Å²) in [7, 11) is 0. The normalized spacial score (nSPS) is 10.9. The summed E-state index contributed by atoms with van der Waals surface area (Å²) in [6.07, 6.45) is 3.71. The van der Waals surface area contributed by atoms with Gasteiger partial charge in [-0.2, -0.15) is 5.26 Å². The maximum Gasteiger partial charge on any atom is 2.00 e. The van der Waals surface area contributed by atoms with Crippen molar-refractivity contribution in [3.63, 3.8) is 0 Å². The predicted molar refractivity (Wildman–Crippen MR) is 118 cm³/mol. The van der Waals surface area contributed by atoms with E-state index in [1.54, 1.807) is 6.07 Å². The van der Waals surface area contributed by atoms with E-state index < -0.39 is 0 Å². The van der Waals surface area contributed by atoms with Crippen molar-refractivity contribution in [3.05, 3.63) is 81.3 Å². The molecular formula is C22H14N4PtS2. The van der Waals surface area contributed by atoms with E-state index >= 15 is 0 Å². The Kier molecular flexibility index (Phi) is 7.59. The molecule has 4 rings (SSSR count). The largest absolute Gasteiger partial charge is 2.00 e. The molecule has 0 aliphatic heterocycles. The van der Waals surface area contributed by atoms with Crippen LogP contribution < -0.4 is 0 Å². The van der Waals surface area contributed by atoms with Crippen LogP contribution in [-0.4, -0.2) is 9.97 Å². The Hall–Kier alpha value is -2.63. The Bertz CT molecular complexity index is 1240. The van der Waals surface area contributed by atoms with Gasteiger partial charge in [-0.1, -0.05) is 24.3 Å². The van der Waals surface area contributed by atoms with Crippen LogP contribution in [0.2, 0.25) is 0 Å². The summed E-state index contributed by atoms with van der Waals surface area (Å²) < 4.78 is 0. The molecule has 0 saturated heterocycles. The van der Waals surface area contributed by atoms with Gasteiger partial charge in [0.05, 0.1) is 23.7 Å². The molecule has 29 heavy (non-hydrogen) atoms. The number of aromatic nitrogens is 2. The third-order valence-corrected chi connectivity index (χ3v) is 5.08. The summed E-state index contributed by atoms with van der Waals surface area (Å²) in [6, 6.07) is 14.3. The van der Waals surface area contributed by atoms with Crippen molar-refractivity contribution in [3.8, 4) is 6.07 Å². The minimum Gasteiger partial charge on any atom is -0.812 e. The second kappa shape index (κ2) is 9.72. The van der Waals surface area contributed by atoms with Crippen LogP contribution in [0.3, 0.4) is 0 Å². The van der Waals surface area contributed by atoms with Crippen molar-refractivity contribution < 1.29 is 21.1 Å². The molecule has 144 valence electrons. The zero-order chi connectivity index (χ0) is 20.3. The SMILES string of the molecule is Cc1cc2cc(C)c3cccnc3c2c2ncccc12.[C-]#[N+]/C([S-])=C(/[S-])C#N.[Pt+2]. The van der Waals surface area contributed by atoms with E-state index in [2.05, 4.69) is 78.2 Å². The average Bonchev–Trinajstić information content (AvgIpc) is 2.73. The van der Waals surface area contributed by atoms with Gasteiger partial charge in [-0.05, 0) is 42.5 Å². The maximum absolute atomic E-state index is 8.01. The van der Waals surface area contributed by atoms with Crippen molar-refractivity contribution in [1.29, 1.82) is 5.26 Å². The van der Waals surface area contributed by atoms with Crippen molar-refractivity contribution >= 4 is 57.8 Å². The van der Waals surface area contributed by atoms with Gasteiger partial charge in [0.15, 0.2) is 0 Å². The molecule has 4 nitrogen and oxygen atoms in total. The van der Waals surface area contributed by atoms with Crippen molar-refractivity contribution in [2.45, 2.75) is 13.8 Å². The van der Waals surface area contributed by atoms with Crippen molar-refractivity contribution in [2.75, 3.05) is 0 Å². The molecule has 0 bridgehead atoms. The Labute approximate surface area is 194 Å². The molecule has 0 radical (unpaired) electrons. The number of nitriles is 1. The van der Waals surface area contributed by atoms with Gasteiger partial charge in [-0.3, -0.25) is 14.8 Å². The average molecular weight is 594 g/mol. The first-order chi connectivity index (χ1) is 13.5. The molecular weight excluding hydrogens is 579 g/mol. The zero-order valence-electron chi connectivity index (χ0n) is 15.5. The summed E-state index contributed by atoms with van der Waals surface area (Å²) >= 11 is 8.72. The minimum absolute atomic E-state index is 0. The third kappa shape index (κ3) is 4.52. The van der Waals surface area contributed by atoms with Crippen LogP contribution in [0.1, 0.15) is 11.1 Å². The fraction of sp³-hybridized carbons (Fsp3) is 0.0909. The van der Waals surface area contributed by atoms with E-state index in [9.17, 15) is 0 Å². The zero-order valence-corrected chi connectivity index (χ0v) is 19.4. The van der Waals surface area contributed by atoms with E-state index in [1.165, 1.54) is 27.3 Å². The summed E-state index contributed by atoms with van der Waals surface area (Å²) in [5.41, 5.74) is 4.61. The van der Waals surface area contributed by atoms with Crippen molar-refractivity contribution in [2.24, 2.45) is 0 Å². The first-order valence-corrected chi connectivity index (χ1v) is 9.17. The Morgan fingerprint density at radius 3 is 1.86 bits per heavy atom. The van der Waals surface area contributed by atoms with E-state index in [-0.39, 0.29) is 31.0 Å². The first kappa shape index (κ1) is 22.7. The van der Waals surface area contributed by atoms with Crippen LogP contribution in [-0.2, 0) is 46.3 Å². The molecule has 0 amide bonds. The number of allylic oxidation sites excluding steroid dienone is 1. The quantitative estimate of drug-likeness (QED) is 0.121. The Morgan fingerprint density at radius 1 is 1.00 bits per heavy atom. The van der Waals surface area contributed by atoms with Gasteiger partial charge in [0.1, 0.15) is 0 Å². The van der Waals surface area contributed by atoms with Crippen LogP contribution in [0.5, 0.6) is 0 Å². The second-order valence-corrected chi connectivity index (χ2v) is 6.94. The molecule has 0 aliphatic carbocycles. The fourth-order valence-electron chi connectivity index (χ4n) is 3.14. The Morgan fingerprint density at radius 2 is 1.48 bits per heavy atom. The number of nitrogens with zero attached hydrogens (tertiary/aromatic N) is 4. The van der Waals surface area contributed by atoms with E-state index in [0.29, 0.717) is 0 Å². The topological polar surface area (TPSA) is 53.9 Å². The third-order valence-electron chi connectivity index (χ3n) is 4.37. The molecule has 4 aromatic rings. The van der Waals surface area contributed by atoms with Crippen LogP contribution in [0, 0.1) is 31.8 Å². The number of benzene rings is 2. The van der Waals surface area contributed by atoms with Gasteiger partial charge in [-0.25, -0.2) is 0 Å². The van der Waals surface area contributed by atoms with Gasteiger partial charge in [0, 0.05) is 33.6 Å². The molecule has 0 spiro atoms. The molecule has 0 fully saturated rings. The summed E-state index contributed by atoms with van der Waals surface area (Å²) in [6.45, 7) is 10.6. The van der Waals surface area contributed by atoms with E-state index in [0.717, 1.165) is 16.4 Å². The summed E-state index contributed by atoms with van der Waals surface area (Å²) in [5.74, 6) is 0. The molecule has 0 saturated carbocycles. The number of hydrogen-bond acceptors (Lipinski definition) is 5. The monoisotopic (exact) mass is 593 g/mol. The summed E-state index contributed by atoms with van der Waals surface area (Å²) in [5, 5.41) is 12.7. The van der Waals surface area contributed by atoms with Crippen molar-refractivity contribution in [1.82, 2.24) is 9.97 Å². The number of aryl methyl sites for hydroxylation is 2. The smallest absolute Gasteiger partial charge is 0.812 e. The maximum atomic E-state index is 8.01. The molecule has 2 aromatic heterocycles. The van der Waals surface area contributed by atoms with Gasteiger partial charge in [0.25, 0.3) is 0 Å². The van der Waals surface area contributed by atoms with Gasteiger partial charge < -0.3 is 25.3 Å². The first-order valence-electron chi connectivity index (χ1n) is 8.36. The van der Waals surface area contributed by atoms with Crippen LogP contribution >= 0.6 is 0 Å². The molecule has 2 aromatic carbocycles. The standard InChI is InChI=1S/C18H14N2.C4H2N2S2.Pt/c1-11-9-13-10-12(2)15-6-4-8-20-18(15)16(13)17-14(11)5-3-7-19-17;1-6-4(8)3(7)2-5;/h3-10H,1-2H3;7-8H;/q;;+2/p-2/b;4-3-;. The Balaban J connectivity index is 0.000000289. The molecule has 0 N–H and O–H groups in total. The predicted octanol–water partition coefficient (Wildman–Crippen LogP) is 5.24. The molecule has 0 aliphatic rings. The van der Waals surface area contributed by atoms with Gasteiger partial charge in [0.2, 0.25) is 0 Å². The second-order valence-electron chi connectivity index (χ2n) is 6.14. The molecule has 7 heteroatoms. The van der Waals surface area contributed by atoms with E-state index in [1.807, 2.05) is 24.5 Å². The summed E-state index contributed by atoms with van der Waals surface area (Å²) in [4.78, 5) is 11.9. The van der Waals surface area contributed by atoms with E-state index in [4.69, 9.17) is 11.8 Å². The number of fused-ring (bicyclic) bond motifs is 5. The van der Waals surface area contributed by atoms with Crippen LogP contribution in [0.4, 0.5) is 0 Å². The molecule has 2 heterocycles. The van der Waals surface area contributed by atoms with Gasteiger partial charge >= 0.3 is 21.1 Å². The fourth-order valence-corrected chi connectivity index (χ4v) is 3.23. The minimum atomic E-state index is -0.123.